The summed E-state index contributed by atoms with van der Waals surface area (Å²) in [4.78, 5) is 15.4. The van der Waals surface area contributed by atoms with Crippen molar-refractivity contribution in [1.82, 2.24) is 14.5 Å². The Balaban J connectivity index is 1.74. The number of carbonyl (C=O) groups excluding carboxylic acids is 1. The van der Waals surface area contributed by atoms with E-state index in [1.54, 1.807) is 0 Å². The van der Waals surface area contributed by atoms with Gasteiger partial charge in [0.2, 0.25) is 15.9 Å². The monoisotopic (exact) mass is 451 g/mol. The number of carbonyl (C=O) groups is 1. The summed E-state index contributed by atoms with van der Waals surface area (Å²) in [5, 5.41) is 2.93. The minimum absolute atomic E-state index is 0.121. The smallest absolute Gasteiger partial charge is 0.244 e. The summed E-state index contributed by atoms with van der Waals surface area (Å²) >= 11 is 0. The van der Waals surface area contributed by atoms with Gasteiger partial charge in [0.15, 0.2) is 0 Å². The summed E-state index contributed by atoms with van der Waals surface area (Å²) in [5.74, 6) is -0.232. The molecule has 1 aliphatic carbocycles. The summed E-state index contributed by atoms with van der Waals surface area (Å²) in [7, 11) is -3.77. The summed E-state index contributed by atoms with van der Waals surface area (Å²) in [5.41, 5.74) is 2.52. The van der Waals surface area contributed by atoms with E-state index < -0.39 is 10.0 Å². The number of hydrogen-bond donors (Lipinski definition) is 1. The van der Waals surface area contributed by atoms with Crippen molar-refractivity contribution in [2.24, 2.45) is 0 Å². The second-order valence-electron chi connectivity index (χ2n) is 8.87. The van der Waals surface area contributed by atoms with Gasteiger partial charge in [0.1, 0.15) is 0 Å². The minimum Gasteiger partial charge on any atom is -0.379 e. The van der Waals surface area contributed by atoms with Gasteiger partial charge < -0.3 is 10.1 Å². The zero-order valence-electron chi connectivity index (χ0n) is 19.2. The van der Waals surface area contributed by atoms with Crippen molar-refractivity contribution < 1.29 is 17.9 Å². The fourth-order valence-electron chi connectivity index (χ4n) is 4.85. The first kappa shape index (κ1) is 24.2. The molecule has 1 amide bonds. The lowest BCUT2D eigenvalue weighted by atomic mass is 9.95. The van der Waals surface area contributed by atoms with Crippen molar-refractivity contribution in [3.63, 3.8) is 0 Å². The summed E-state index contributed by atoms with van der Waals surface area (Å²) in [6.45, 7) is 9.97. The third-order valence-corrected chi connectivity index (χ3v) is 8.51. The van der Waals surface area contributed by atoms with Crippen LogP contribution in [0.5, 0.6) is 0 Å². The number of hydrogen-bond acceptors (Lipinski definition) is 5. The van der Waals surface area contributed by atoms with Crippen LogP contribution in [-0.2, 0) is 19.6 Å². The Morgan fingerprint density at radius 1 is 1.10 bits per heavy atom. The predicted octanol–water partition coefficient (Wildman–Crippen LogP) is 2.38. The van der Waals surface area contributed by atoms with E-state index in [0.29, 0.717) is 11.4 Å². The standard InChI is InChI=1S/C23H37N3O4S/c1-18-15-19(2)23(20(3)16-18)31(28,29)26(21-7-5-4-6-8-21)17-22(27)24-9-10-25-11-13-30-14-12-25/h15-16,21H,4-14,17H2,1-3H3,(H,24,27). The molecule has 7 nitrogen and oxygen atoms in total. The largest absolute Gasteiger partial charge is 0.379 e. The van der Waals surface area contributed by atoms with E-state index in [2.05, 4.69) is 10.2 Å². The van der Waals surface area contributed by atoms with Crippen LogP contribution in [0.3, 0.4) is 0 Å². The van der Waals surface area contributed by atoms with Crippen LogP contribution in [0, 0.1) is 20.8 Å². The van der Waals surface area contributed by atoms with Crippen LogP contribution < -0.4 is 5.32 Å². The number of nitrogens with one attached hydrogen (secondary N) is 1. The van der Waals surface area contributed by atoms with Crippen molar-refractivity contribution in [1.29, 1.82) is 0 Å². The Hall–Kier alpha value is -1.48. The molecule has 0 atom stereocenters. The molecule has 1 saturated heterocycles. The van der Waals surface area contributed by atoms with Gasteiger partial charge in [-0.25, -0.2) is 8.42 Å². The fourth-order valence-corrected chi connectivity index (χ4v) is 6.90. The number of ether oxygens (including phenoxy) is 1. The Bertz CT molecular complexity index is 837. The predicted molar refractivity (Wildman–Crippen MR) is 122 cm³/mol. The topological polar surface area (TPSA) is 79.0 Å². The molecular weight excluding hydrogens is 414 g/mol. The number of aryl methyl sites for hydroxylation is 3. The number of rotatable bonds is 8. The maximum Gasteiger partial charge on any atom is 0.244 e. The normalized spacial score (nSPS) is 19.0. The molecule has 31 heavy (non-hydrogen) atoms. The summed E-state index contributed by atoms with van der Waals surface area (Å²) in [6.07, 6.45) is 4.75. The van der Waals surface area contributed by atoms with Crippen LogP contribution in [0.25, 0.3) is 0 Å². The molecule has 174 valence electrons. The van der Waals surface area contributed by atoms with Crippen LogP contribution in [0.15, 0.2) is 17.0 Å². The van der Waals surface area contributed by atoms with Crippen LogP contribution >= 0.6 is 0 Å². The number of benzene rings is 1. The van der Waals surface area contributed by atoms with Crippen molar-refractivity contribution in [3.05, 3.63) is 28.8 Å². The first-order chi connectivity index (χ1) is 14.8. The van der Waals surface area contributed by atoms with E-state index in [-0.39, 0.29) is 18.5 Å². The van der Waals surface area contributed by atoms with E-state index in [9.17, 15) is 13.2 Å². The van der Waals surface area contributed by atoms with E-state index >= 15 is 0 Å². The van der Waals surface area contributed by atoms with Crippen LogP contribution in [0.4, 0.5) is 0 Å². The van der Waals surface area contributed by atoms with Crippen molar-refractivity contribution in [3.8, 4) is 0 Å². The molecule has 2 fully saturated rings. The van der Waals surface area contributed by atoms with Crippen LogP contribution in [0.2, 0.25) is 0 Å². The fraction of sp³-hybridized carbons (Fsp3) is 0.696. The van der Waals surface area contributed by atoms with Gasteiger partial charge in [-0.3, -0.25) is 9.69 Å². The molecule has 1 saturated carbocycles. The second-order valence-corrected chi connectivity index (χ2v) is 10.7. The third kappa shape index (κ3) is 6.28. The molecular formula is C23H37N3O4S. The van der Waals surface area contributed by atoms with Gasteiger partial charge in [0, 0.05) is 32.2 Å². The highest BCUT2D eigenvalue weighted by Crippen LogP contribution is 2.31. The average molecular weight is 452 g/mol. The van der Waals surface area contributed by atoms with Gasteiger partial charge >= 0.3 is 0 Å². The van der Waals surface area contributed by atoms with Crippen molar-refractivity contribution in [2.75, 3.05) is 45.9 Å². The van der Waals surface area contributed by atoms with Gasteiger partial charge in [0.25, 0.3) is 0 Å². The van der Waals surface area contributed by atoms with E-state index in [1.165, 1.54) is 4.31 Å². The first-order valence-corrected chi connectivity index (χ1v) is 12.9. The molecule has 0 bridgehead atoms. The quantitative estimate of drug-likeness (QED) is 0.657. The Kier molecular flexibility index (Phi) is 8.50. The van der Waals surface area contributed by atoms with E-state index in [1.807, 2.05) is 32.9 Å². The van der Waals surface area contributed by atoms with Gasteiger partial charge in [0.05, 0.1) is 24.7 Å². The lowest BCUT2D eigenvalue weighted by Gasteiger charge is -2.34. The molecule has 8 heteroatoms. The average Bonchev–Trinajstić information content (AvgIpc) is 2.72. The summed E-state index contributed by atoms with van der Waals surface area (Å²) in [6, 6.07) is 3.69. The highest BCUT2D eigenvalue weighted by Gasteiger charge is 2.35. The highest BCUT2D eigenvalue weighted by atomic mass is 32.2. The SMILES string of the molecule is Cc1cc(C)c(S(=O)(=O)N(CC(=O)NCCN2CCOCC2)C2CCCCC2)c(C)c1. The minimum atomic E-state index is -3.77. The molecule has 1 N–H and O–H groups in total. The molecule has 1 heterocycles. The number of amides is 1. The summed E-state index contributed by atoms with van der Waals surface area (Å²) < 4.78 is 34.4. The van der Waals surface area contributed by atoms with Gasteiger partial charge in [-0.2, -0.15) is 4.31 Å². The van der Waals surface area contributed by atoms with Crippen molar-refractivity contribution in [2.45, 2.75) is 63.8 Å². The Labute approximate surface area is 187 Å². The molecule has 0 spiro atoms. The Morgan fingerprint density at radius 3 is 2.32 bits per heavy atom. The lowest BCUT2D eigenvalue weighted by Crippen LogP contribution is -2.48. The highest BCUT2D eigenvalue weighted by molar-refractivity contribution is 7.89. The molecule has 2 aliphatic rings. The maximum absolute atomic E-state index is 13.8. The molecule has 1 aromatic rings. The number of sulfonamides is 1. The maximum atomic E-state index is 13.8. The van der Waals surface area contributed by atoms with Gasteiger partial charge in [-0.15, -0.1) is 0 Å². The zero-order chi connectivity index (χ0) is 22.4. The van der Waals surface area contributed by atoms with Crippen LogP contribution in [0.1, 0.15) is 48.8 Å². The molecule has 1 aliphatic heterocycles. The van der Waals surface area contributed by atoms with Gasteiger partial charge in [-0.1, -0.05) is 37.0 Å². The Morgan fingerprint density at radius 2 is 1.71 bits per heavy atom. The first-order valence-electron chi connectivity index (χ1n) is 11.5. The van der Waals surface area contributed by atoms with E-state index in [0.717, 1.165) is 81.6 Å². The number of morpholine rings is 1. The molecule has 3 rings (SSSR count). The van der Waals surface area contributed by atoms with Crippen molar-refractivity contribution >= 4 is 15.9 Å². The van der Waals surface area contributed by atoms with E-state index in [4.69, 9.17) is 4.74 Å². The van der Waals surface area contributed by atoms with Crippen LogP contribution in [-0.4, -0.2) is 75.5 Å². The van der Waals surface area contributed by atoms with Gasteiger partial charge in [-0.05, 0) is 44.7 Å². The molecule has 1 aromatic carbocycles. The number of nitrogens with zero attached hydrogens (tertiary/aromatic N) is 2. The zero-order valence-corrected chi connectivity index (χ0v) is 20.0. The molecule has 0 unspecified atom stereocenters. The third-order valence-electron chi connectivity index (χ3n) is 6.31. The molecule has 0 radical (unpaired) electrons. The lowest BCUT2D eigenvalue weighted by molar-refractivity contribution is -0.121. The molecule has 0 aromatic heterocycles. The second kappa shape index (κ2) is 10.9.